The molecule has 0 radical (unpaired) electrons. The van der Waals surface area contributed by atoms with Crippen molar-refractivity contribution in [2.75, 3.05) is 13.2 Å². The minimum absolute atomic E-state index is 0.0122. The summed E-state index contributed by atoms with van der Waals surface area (Å²) in [5, 5.41) is 2.31. The van der Waals surface area contributed by atoms with Crippen molar-refractivity contribution < 1.29 is 22.7 Å². The zero-order valence-corrected chi connectivity index (χ0v) is 9.23. The molecule has 0 aliphatic rings. The monoisotopic (exact) mass is 247 g/mol. The molecule has 1 aromatic rings. The molecule has 0 aliphatic heterocycles. The Morgan fingerprint density at radius 2 is 1.88 bits per heavy atom. The van der Waals surface area contributed by atoms with Crippen molar-refractivity contribution >= 4 is 6.09 Å². The van der Waals surface area contributed by atoms with E-state index in [1.54, 1.807) is 6.92 Å². The molecule has 1 aromatic carbocycles. The van der Waals surface area contributed by atoms with Gasteiger partial charge in [-0.05, 0) is 13.3 Å². The molecule has 6 heteroatoms. The summed E-state index contributed by atoms with van der Waals surface area (Å²) in [6.07, 6.45) is -0.730. The number of nitrogens with one attached hydrogen (secondary N) is 1. The SMILES string of the molecule is CCOC(=O)NCCc1c(F)cc(F)cc1F. The Balaban J connectivity index is 2.55. The van der Waals surface area contributed by atoms with Gasteiger partial charge in [0.2, 0.25) is 0 Å². The summed E-state index contributed by atoms with van der Waals surface area (Å²) in [6, 6.07) is 1.20. The Morgan fingerprint density at radius 3 is 2.41 bits per heavy atom. The largest absolute Gasteiger partial charge is 0.450 e. The molecular formula is C11H12F3NO2. The lowest BCUT2D eigenvalue weighted by molar-refractivity contribution is 0.152. The van der Waals surface area contributed by atoms with Crippen molar-refractivity contribution in [2.45, 2.75) is 13.3 Å². The van der Waals surface area contributed by atoms with Crippen LogP contribution in [0.2, 0.25) is 0 Å². The standard InChI is InChI=1S/C11H12F3NO2/c1-2-17-11(16)15-4-3-8-9(13)5-7(12)6-10(8)14/h5-6H,2-4H2,1H3,(H,15,16). The van der Waals surface area contributed by atoms with E-state index in [0.29, 0.717) is 12.1 Å². The number of rotatable bonds is 4. The molecule has 3 nitrogen and oxygen atoms in total. The van der Waals surface area contributed by atoms with E-state index >= 15 is 0 Å². The average Bonchev–Trinajstić information content (AvgIpc) is 2.22. The molecular weight excluding hydrogens is 235 g/mol. The minimum Gasteiger partial charge on any atom is -0.450 e. The lowest BCUT2D eigenvalue weighted by Crippen LogP contribution is -2.26. The second kappa shape index (κ2) is 6.12. The van der Waals surface area contributed by atoms with Crippen molar-refractivity contribution in [3.8, 4) is 0 Å². The first-order valence-corrected chi connectivity index (χ1v) is 5.08. The van der Waals surface area contributed by atoms with Crippen LogP contribution in [0.1, 0.15) is 12.5 Å². The highest BCUT2D eigenvalue weighted by atomic mass is 19.1. The average molecular weight is 247 g/mol. The van der Waals surface area contributed by atoms with Crippen LogP contribution in [0.3, 0.4) is 0 Å². The highest BCUT2D eigenvalue weighted by molar-refractivity contribution is 5.67. The van der Waals surface area contributed by atoms with Crippen LogP contribution in [-0.4, -0.2) is 19.2 Å². The fourth-order valence-electron chi connectivity index (χ4n) is 1.28. The van der Waals surface area contributed by atoms with Gasteiger partial charge >= 0.3 is 6.09 Å². The zero-order chi connectivity index (χ0) is 12.8. The van der Waals surface area contributed by atoms with Crippen LogP contribution in [0.5, 0.6) is 0 Å². The van der Waals surface area contributed by atoms with Crippen LogP contribution in [0, 0.1) is 17.5 Å². The summed E-state index contributed by atoms with van der Waals surface area (Å²) in [6.45, 7) is 1.86. The quantitative estimate of drug-likeness (QED) is 0.887. The topological polar surface area (TPSA) is 38.3 Å². The molecule has 1 amide bonds. The molecule has 0 spiro atoms. The fourth-order valence-corrected chi connectivity index (χ4v) is 1.28. The Kier molecular flexibility index (Phi) is 4.81. The molecule has 0 saturated carbocycles. The van der Waals surface area contributed by atoms with Gasteiger partial charge < -0.3 is 10.1 Å². The zero-order valence-electron chi connectivity index (χ0n) is 9.23. The van der Waals surface area contributed by atoms with Crippen molar-refractivity contribution in [3.05, 3.63) is 35.1 Å². The predicted molar refractivity (Wildman–Crippen MR) is 55.0 cm³/mol. The van der Waals surface area contributed by atoms with Gasteiger partial charge in [-0.1, -0.05) is 0 Å². The number of alkyl carbamates (subject to hydrolysis) is 1. The number of hydrogen-bond donors (Lipinski definition) is 1. The number of ether oxygens (including phenoxy) is 1. The molecule has 0 aliphatic carbocycles. The van der Waals surface area contributed by atoms with Crippen molar-refractivity contribution in [3.63, 3.8) is 0 Å². The van der Waals surface area contributed by atoms with E-state index in [-0.39, 0.29) is 25.1 Å². The molecule has 0 fully saturated rings. The molecule has 0 heterocycles. The minimum atomic E-state index is -0.970. The molecule has 94 valence electrons. The maximum atomic E-state index is 13.2. The third-order valence-electron chi connectivity index (χ3n) is 2.03. The van der Waals surface area contributed by atoms with E-state index in [0.717, 1.165) is 0 Å². The van der Waals surface area contributed by atoms with Gasteiger partial charge in [0.25, 0.3) is 0 Å². The lowest BCUT2D eigenvalue weighted by atomic mass is 10.1. The van der Waals surface area contributed by atoms with E-state index in [9.17, 15) is 18.0 Å². The molecule has 0 bridgehead atoms. The maximum Gasteiger partial charge on any atom is 0.407 e. The summed E-state index contributed by atoms with van der Waals surface area (Å²) in [7, 11) is 0. The van der Waals surface area contributed by atoms with Gasteiger partial charge in [0.1, 0.15) is 17.5 Å². The molecule has 0 aromatic heterocycles. The Labute approximate surface area is 96.6 Å². The number of carbonyl (C=O) groups excluding carboxylic acids is 1. The van der Waals surface area contributed by atoms with E-state index in [4.69, 9.17) is 0 Å². The first-order valence-electron chi connectivity index (χ1n) is 5.08. The normalized spacial score (nSPS) is 10.1. The second-order valence-corrected chi connectivity index (χ2v) is 3.25. The van der Waals surface area contributed by atoms with Crippen LogP contribution in [0.4, 0.5) is 18.0 Å². The number of halogens is 3. The van der Waals surface area contributed by atoms with Gasteiger partial charge in [0.05, 0.1) is 6.61 Å². The Morgan fingerprint density at radius 1 is 1.29 bits per heavy atom. The lowest BCUT2D eigenvalue weighted by Gasteiger charge is -2.07. The maximum absolute atomic E-state index is 13.2. The number of hydrogen-bond acceptors (Lipinski definition) is 2. The second-order valence-electron chi connectivity index (χ2n) is 3.25. The summed E-state index contributed by atoms with van der Waals surface area (Å²) in [5.74, 6) is -2.90. The van der Waals surface area contributed by atoms with Gasteiger partial charge in [0.15, 0.2) is 0 Å². The van der Waals surface area contributed by atoms with Crippen molar-refractivity contribution in [1.82, 2.24) is 5.32 Å². The van der Waals surface area contributed by atoms with Gasteiger partial charge in [-0.15, -0.1) is 0 Å². The smallest absolute Gasteiger partial charge is 0.407 e. The molecule has 0 atom stereocenters. The summed E-state index contributed by atoms with van der Waals surface area (Å²) < 4.78 is 43.5. The molecule has 1 rings (SSSR count). The summed E-state index contributed by atoms with van der Waals surface area (Å²) in [4.78, 5) is 10.9. The van der Waals surface area contributed by atoms with E-state index < -0.39 is 23.5 Å². The van der Waals surface area contributed by atoms with Crippen molar-refractivity contribution in [2.24, 2.45) is 0 Å². The van der Waals surface area contributed by atoms with Gasteiger partial charge in [-0.25, -0.2) is 18.0 Å². The predicted octanol–water partition coefficient (Wildman–Crippen LogP) is 2.39. The molecule has 1 N–H and O–H groups in total. The van der Waals surface area contributed by atoms with Gasteiger partial charge in [-0.2, -0.15) is 0 Å². The first-order chi connectivity index (χ1) is 8.04. The molecule has 0 saturated heterocycles. The highest BCUT2D eigenvalue weighted by Gasteiger charge is 2.11. The van der Waals surface area contributed by atoms with Crippen LogP contribution >= 0.6 is 0 Å². The van der Waals surface area contributed by atoms with Crippen LogP contribution < -0.4 is 5.32 Å². The first kappa shape index (κ1) is 13.3. The van der Waals surface area contributed by atoms with Crippen LogP contribution in [-0.2, 0) is 11.2 Å². The van der Waals surface area contributed by atoms with E-state index in [1.165, 1.54) is 0 Å². The highest BCUT2D eigenvalue weighted by Crippen LogP contribution is 2.14. The number of benzene rings is 1. The summed E-state index contributed by atoms with van der Waals surface area (Å²) in [5.41, 5.74) is -0.261. The Bertz CT molecular complexity index is 387. The van der Waals surface area contributed by atoms with Gasteiger partial charge in [0, 0.05) is 24.2 Å². The van der Waals surface area contributed by atoms with Crippen LogP contribution in [0.25, 0.3) is 0 Å². The molecule has 0 unspecified atom stereocenters. The third kappa shape index (κ3) is 3.97. The van der Waals surface area contributed by atoms with Crippen molar-refractivity contribution in [1.29, 1.82) is 0 Å². The van der Waals surface area contributed by atoms with E-state index in [2.05, 4.69) is 10.1 Å². The summed E-state index contributed by atoms with van der Waals surface area (Å²) >= 11 is 0. The number of amides is 1. The van der Waals surface area contributed by atoms with Crippen LogP contribution in [0.15, 0.2) is 12.1 Å². The fraction of sp³-hybridized carbons (Fsp3) is 0.364. The third-order valence-corrected chi connectivity index (χ3v) is 2.03. The van der Waals surface area contributed by atoms with Gasteiger partial charge in [-0.3, -0.25) is 0 Å². The van der Waals surface area contributed by atoms with E-state index in [1.807, 2.05) is 0 Å². The number of carbonyl (C=O) groups is 1. The molecule has 17 heavy (non-hydrogen) atoms. The Hall–Kier alpha value is -1.72.